The highest BCUT2D eigenvalue weighted by Crippen LogP contribution is 2.11. The normalized spacial score (nSPS) is 9.47. The molecule has 6 heteroatoms. The minimum absolute atomic E-state index is 0.0345. The number of carbonyl (C=O) groups is 2. The van der Waals surface area contributed by atoms with Crippen molar-refractivity contribution in [3.63, 3.8) is 0 Å². The topological polar surface area (TPSA) is 82.5 Å². The van der Waals surface area contributed by atoms with E-state index in [1.165, 1.54) is 23.2 Å². The Morgan fingerprint density at radius 3 is 2.67 bits per heavy atom. The van der Waals surface area contributed by atoms with Crippen molar-refractivity contribution in [3.8, 4) is 0 Å². The lowest BCUT2D eigenvalue weighted by atomic mass is 10.2. The van der Waals surface area contributed by atoms with Gasteiger partial charge in [-0.15, -0.1) is 0 Å². The number of aromatic nitrogens is 1. The number of aromatic carboxylic acids is 1. The molecule has 0 bridgehead atoms. The Morgan fingerprint density at radius 1 is 1.47 bits per heavy atom. The SMILES string of the molecule is CN(C)C(=O)Nc1ncccc1C(=O)O. The molecule has 15 heavy (non-hydrogen) atoms. The number of anilines is 1. The maximum absolute atomic E-state index is 11.3. The first-order valence-electron chi connectivity index (χ1n) is 4.19. The first kappa shape index (κ1) is 11.0. The molecule has 0 aliphatic heterocycles. The van der Waals surface area contributed by atoms with E-state index in [1.54, 1.807) is 14.1 Å². The summed E-state index contributed by atoms with van der Waals surface area (Å²) in [4.78, 5) is 27.1. The molecule has 0 radical (unpaired) electrons. The molecule has 80 valence electrons. The van der Waals surface area contributed by atoms with Crippen LogP contribution in [0.1, 0.15) is 10.4 Å². The van der Waals surface area contributed by atoms with Gasteiger partial charge in [0.05, 0.1) is 0 Å². The van der Waals surface area contributed by atoms with Gasteiger partial charge in [-0.2, -0.15) is 0 Å². The van der Waals surface area contributed by atoms with Crippen molar-refractivity contribution < 1.29 is 14.7 Å². The van der Waals surface area contributed by atoms with Crippen molar-refractivity contribution in [2.45, 2.75) is 0 Å². The molecule has 2 amide bonds. The molecule has 0 unspecified atom stereocenters. The lowest BCUT2D eigenvalue weighted by Crippen LogP contribution is -2.28. The van der Waals surface area contributed by atoms with Crippen molar-refractivity contribution in [2.24, 2.45) is 0 Å². The third-order valence-corrected chi connectivity index (χ3v) is 1.67. The Hall–Kier alpha value is -2.11. The molecule has 1 rings (SSSR count). The molecule has 0 aromatic carbocycles. The molecule has 0 aliphatic rings. The zero-order chi connectivity index (χ0) is 11.4. The smallest absolute Gasteiger partial charge is 0.339 e. The highest BCUT2D eigenvalue weighted by atomic mass is 16.4. The number of hydrogen-bond acceptors (Lipinski definition) is 3. The van der Waals surface area contributed by atoms with Crippen LogP contribution in [-0.2, 0) is 0 Å². The second kappa shape index (κ2) is 4.41. The summed E-state index contributed by atoms with van der Waals surface area (Å²) < 4.78 is 0. The zero-order valence-electron chi connectivity index (χ0n) is 8.39. The van der Waals surface area contributed by atoms with Gasteiger partial charge in [0.2, 0.25) is 0 Å². The summed E-state index contributed by atoms with van der Waals surface area (Å²) in [5.41, 5.74) is -0.0345. The summed E-state index contributed by atoms with van der Waals surface area (Å²) in [6.07, 6.45) is 1.41. The monoisotopic (exact) mass is 209 g/mol. The fourth-order valence-electron chi connectivity index (χ4n) is 0.891. The Morgan fingerprint density at radius 2 is 2.13 bits per heavy atom. The maximum atomic E-state index is 11.3. The standard InChI is InChI=1S/C9H11N3O3/c1-12(2)9(15)11-7-6(8(13)14)4-3-5-10-7/h3-5H,1-2H3,(H,13,14)(H,10,11,15). The molecule has 2 N–H and O–H groups in total. The average Bonchev–Trinajstić information content (AvgIpc) is 2.18. The molecular weight excluding hydrogens is 198 g/mol. The van der Waals surface area contributed by atoms with E-state index in [0.29, 0.717) is 0 Å². The largest absolute Gasteiger partial charge is 0.478 e. The van der Waals surface area contributed by atoms with Crippen LogP contribution < -0.4 is 5.32 Å². The number of pyridine rings is 1. The number of hydrogen-bond donors (Lipinski definition) is 2. The van der Waals surface area contributed by atoms with Crippen molar-refractivity contribution in [3.05, 3.63) is 23.9 Å². The van der Waals surface area contributed by atoms with E-state index in [4.69, 9.17) is 5.11 Å². The third-order valence-electron chi connectivity index (χ3n) is 1.67. The van der Waals surface area contributed by atoms with Gasteiger partial charge in [-0.3, -0.25) is 5.32 Å². The van der Waals surface area contributed by atoms with Crippen LogP contribution >= 0.6 is 0 Å². The number of urea groups is 1. The van der Waals surface area contributed by atoms with Gasteiger partial charge in [0, 0.05) is 20.3 Å². The first-order valence-corrected chi connectivity index (χ1v) is 4.19. The van der Waals surface area contributed by atoms with Crippen LogP contribution in [-0.4, -0.2) is 41.1 Å². The van der Waals surface area contributed by atoms with Crippen LogP contribution in [0.4, 0.5) is 10.6 Å². The molecule has 0 aliphatic carbocycles. The Balaban J connectivity index is 2.94. The zero-order valence-corrected chi connectivity index (χ0v) is 8.39. The first-order chi connectivity index (χ1) is 7.02. The lowest BCUT2D eigenvalue weighted by Gasteiger charge is -2.12. The summed E-state index contributed by atoms with van der Waals surface area (Å²) >= 11 is 0. The van der Waals surface area contributed by atoms with Crippen LogP contribution in [0, 0.1) is 0 Å². The lowest BCUT2D eigenvalue weighted by molar-refractivity contribution is 0.0697. The molecule has 1 aromatic rings. The number of carboxylic acid groups (broad SMARTS) is 1. The quantitative estimate of drug-likeness (QED) is 0.757. The summed E-state index contributed by atoms with van der Waals surface area (Å²) in [6, 6.07) is 2.45. The van der Waals surface area contributed by atoms with Crippen LogP contribution in [0.15, 0.2) is 18.3 Å². The number of nitrogens with zero attached hydrogens (tertiary/aromatic N) is 2. The third kappa shape index (κ3) is 2.67. The van der Waals surface area contributed by atoms with Gasteiger partial charge in [0.15, 0.2) is 0 Å². The van der Waals surface area contributed by atoms with Crippen LogP contribution in [0.25, 0.3) is 0 Å². The highest BCUT2D eigenvalue weighted by Gasteiger charge is 2.13. The number of rotatable bonds is 2. The second-order valence-electron chi connectivity index (χ2n) is 3.03. The molecule has 1 heterocycles. The van der Waals surface area contributed by atoms with E-state index >= 15 is 0 Å². The van der Waals surface area contributed by atoms with E-state index in [9.17, 15) is 9.59 Å². The summed E-state index contributed by atoms with van der Waals surface area (Å²) in [7, 11) is 3.11. The van der Waals surface area contributed by atoms with Crippen molar-refractivity contribution >= 4 is 17.8 Å². The van der Waals surface area contributed by atoms with Crippen molar-refractivity contribution in [1.82, 2.24) is 9.88 Å². The van der Waals surface area contributed by atoms with Gasteiger partial charge in [0.25, 0.3) is 0 Å². The Labute approximate surface area is 86.5 Å². The predicted molar refractivity (Wildman–Crippen MR) is 53.9 cm³/mol. The maximum Gasteiger partial charge on any atom is 0.339 e. The van der Waals surface area contributed by atoms with Gasteiger partial charge in [-0.1, -0.05) is 0 Å². The molecule has 0 spiro atoms. The Kier molecular flexibility index (Phi) is 3.22. The van der Waals surface area contributed by atoms with Crippen molar-refractivity contribution in [2.75, 3.05) is 19.4 Å². The van der Waals surface area contributed by atoms with E-state index in [-0.39, 0.29) is 11.4 Å². The Bertz CT molecular complexity index is 390. The second-order valence-corrected chi connectivity index (χ2v) is 3.03. The van der Waals surface area contributed by atoms with Crippen molar-refractivity contribution in [1.29, 1.82) is 0 Å². The molecule has 0 saturated carbocycles. The molecule has 1 aromatic heterocycles. The van der Waals surface area contributed by atoms with E-state index in [1.807, 2.05) is 0 Å². The number of amides is 2. The number of nitrogens with one attached hydrogen (secondary N) is 1. The van der Waals surface area contributed by atoms with Gasteiger partial charge in [-0.25, -0.2) is 14.6 Å². The molecule has 6 nitrogen and oxygen atoms in total. The molecule has 0 atom stereocenters. The van der Waals surface area contributed by atoms with Crippen LogP contribution in [0.5, 0.6) is 0 Å². The minimum atomic E-state index is -1.13. The fraction of sp³-hybridized carbons (Fsp3) is 0.222. The van der Waals surface area contributed by atoms with Crippen LogP contribution in [0.3, 0.4) is 0 Å². The van der Waals surface area contributed by atoms with Gasteiger partial charge >= 0.3 is 12.0 Å². The van der Waals surface area contributed by atoms with Gasteiger partial charge in [0.1, 0.15) is 11.4 Å². The number of carbonyl (C=O) groups excluding carboxylic acids is 1. The average molecular weight is 209 g/mol. The molecular formula is C9H11N3O3. The van der Waals surface area contributed by atoms with Crippen LogP contribution in [0.2, 0.25) is 0 Å². The summed E-state index contributed by atoms with van der Waals surface area (Å²) in [6.45, 7) is 0. The summed E-state index contributed by atoms with van der Waals surface area (Å²) in [5, 5.41) is 11.2. The highest BCUT2D eigenvalue weighted by molar-refractivity contribution is 5.98. The van der Waals surface area contributed by atoms with E-state index in [2.05, 4.69) is 10.3 Å². The molecule has 0 fully saturated rings. The molecule has 0 saturated heterocycles. The van der Waals surface area contributed by atoms with E-state index in [0.717, 1.165) is 0 Å². The summed E-state index contributed by atoms with van der Waals surface area (Å²) in [5.74, 6) is -1.08. The van der Waals surface area contributed by atoms with Gasteiger partial charge < -0.3 is 10.0 Å². The fourth-order valence-corrected chi connectivity index (χ4v) is 0.891. The predicted octanol–water partition coefficient (Wildman–Crippen LogP) is 0.873. The number of carboxylic acids is 1. The van der Waals surface area contributed by atoms with E-state index < -0.39 is 12.0 Å². The van der Waals surface area contributed by atoms with Gasteiger partial charge in [-0.05, 0) is 12.1 Å². The minimum Gasteiger partial charge on any atom is -0.478 e.